The summed E-state index contributed by atoms with van der Waals surface area (Å²) in [5.41, 5.74) is 0.777. The summed E-state index contributed by atoms with van der Waals surface area (Å²) >= 11 is 11.0. The van der Waals surface area contributed by atoms with Crippen molar-refractivity contribution in [1.82, 2.24) is 5.32 Å². The first-order valence-corrected chi connectivity index (χ1v) is 6.81. The molecule has 0 atom stereocenters. The van der Waals surface area contributed by atoms with E-state index in [1.165, 1.54) is 0 Å². The van der Waals surface area contributed by atoms with E-state index >= 15 is 0 Å². The topological polar surface area (TPSA) is 41.1 Å². The van der Waals surface area contributed by atoms with Gasteiger partial charge < -0.3 is 10.6 Å². The van der Waals surface area contributed by atoms with Gasteiger partial charge in [-0.05, 0) is 43.3 Å². The van der Waals surface area contributed by atoms with Gasteiger partial charge in [-0.25, -0.2) is 0 Å². The van der Waals surface area contributed by atoms with Crippen molar-refractivity contribution < 1.29 is 4.79 Å². The third-order valence-corrected chi connectivity index (χ3v) is 3.48. The number of benzene rings is 1. The van der Waals surface area contributed by atoms with Gasteiger partial charge in [0, 0.05) is 16.6 Å². The van der Waals surface area contributed by atoms with E-state index in [9.17, 15) is 4.79 Å². The monoisotopic (exact) mass is 282 g/mol. The minimum atomic E-state index is 0.0204. The molecule has 0 heterocycles. The van der Waals surface area contributed by atoms with Crippen LogP contribution in [0.4, 0.5) is 5.69 Å². The fraction of sp³-hybridized carbons (Fsp3) is 0.385. The molecule has 1 fully saturated rings. The number of amides is 1. The summed E-state index contributed by atoms with van der Waals surface area (Å²) in [6, 6.07) is 7.22. The smallest absolute Gasteiger partial charge is 0.229 e. The number of carbonyl (C=O) groups is 1. The van der Waals surface area contributed by atoms with Crippen LogP contribution >= 0.6 is 23.8 Å². The number of thiocarbonyl (C=S) groups is 1. The molecule has 0 spiro atoms. The fourth-order valence-electron chi connectivity index (χ4n) is 2.13. The van der Waals surface area contributed by atoms with E-state index in [1.807, 2.05) is 12.1 Å². The third kappa shape index (κ3) is 3.68. The Labute approximate surface area is 117 Å². The molecule has 1 aliphatic carbocycles. The molecule has 0 bridgehead atoms. The van der Waals surface area contributed by atoms with Crippen molar-refractivity contribution in [2.45, 2.75) is 25.7 Å². The Morgan fingerprint density at radius 2 is 2.06 bits per heavy atom. The summed E-state index contributed by atoms with van der Waals surface area (Å²) in [5.74, 6) is 0.135. The van der Waals surface area contributed by atoms with Crippen molar-refractivity contribution in [2.24, 2.45) is 5.92 Å². The first kappa shape index (κ1) is 13.3. The zero-order valence-corrected chi connectivity index (χ0v) is 11.5. The second-order valence-electron chi connectivity index (χ2n) is 4.44. The minimum absolute atomic E-state index is 0.0204. The normalized spacial score (nSPS) is 15.4. The lowest BCUT2D eigenvalue weighted by atomic mass is 10.1. The van der Waals surface area contributed by atoms with Crippen LogP contribution in [0.3, 0.4) is 0 Å². The van der Waals surface area contributed by atoms with E-state index in [0.717, 1.165) is 31.4 Å². The van der Waals surface area contributed by atoms with Crippen LogP contribution in [-0.4, -0.2) is 11.0 Å². The SMILES string of the molecule is O=C(NC(=S)Nc1cccc(Cl)c1)C1CCCC1. The van der Waals surface area contributed by atoms with Gasteiger partial charge in [-0.3, -0.25) is 4.79 Å². The highest BCUT2D eigenvalue weighted by molar-refractivity contribution is 7.80. The maximum atomic E-state index is 11.8. The predicted molar refractivity (Wildman–Crippen MR) is 77.8 cm³/mol. The molecule has 3 nitrogen and oxygen atoms in total. The summed E-state index contributed by atoms with van der Waals surface area (Å²) in [6.45, 7) is 0. The van der Waals surface area contributed by atoms with Crippen LogP contribution in [-0.2, 0) is 4.79 Å². The number of hydrogen-bond acceptors (Lipinski definition) is 2. The molecular formula is C13H15ClN2OS. The molecule has 1 aliphatic rings. The van der Waals surface area contributed by atoms with Crippen molar-refractivity contribution in [3.05, 3.63) is 29.3 Å². The van der Waals surface area contributed by atoms with E-state index in [-0.39, 0.29) is 11.8 Å². The fourth-order valence-corrected chi connectivity index (χ4v) is 2.54. The standard InChI is InChI=1S/C13H15ClN2OS/c14-10-6-3-7-11(8-10)15-13(18)16-12(17)9-4-1-2-5-9/h3,6-9H,1-2,4-5H2,(H2,15,16,17,18). The number of carbonyl (C=O) groups excluding carboxylic acids is 1. The molecule has 1 aromatic rings. The molecular weight excluding hydrogens is 268 g/mol. The van der Waals surface area contributed by atoms with E-state index in [4.69, 9.17) is 23.8 Å². The first-order valence-electron chi connectivity index (χ1n) is 6.02. The van der Waals surface area contributed by atoms with Crippen LogP contribution in [0.25, 0.3) is 0 Å². The molecule has 18 heavy (non-hydrogen) atoms. The van der Waals surface area contributed by atoms with Gasteiger partial charge in [0.05, 0.1) is 0 Å². The van der Waals surface area contributed by atoms with Crippen LogP contribution in [0.1, 0.15) is 25.7 Å². The number of anilines is 1. The highest BCUT2D eigenvalue weighted by Gasteiger charge is 2.23. The van der Waals surface area contributed by atoms with Gasteiger partial charge in [-0.15, -0.1) is 0 Å². The Bertz CT molecular complexity index is 458. The molecule has 0 radical (unpaired) electrons. The Morgan fingerprint density at radius 3 is 2.72 bits per heavy atom. The molecule has 0 aromatic heterocycles. The second kappa shape index (κ2) is 6.16. The molecule has 1 aromatic carbocycles. The average molecular weight is 283 g/mol. The van der Waals surface area contributed by atoms with Crippen molar-refractivity contribution >= 4 is 40.5 Å². The predicted octanol–water partition coefficient (Wildman–Crippen LogP) is 3.34. The number of hydrogen-bond donors (Lipinski definition) is 2. The van der Waals surface area contributed by atoms with Crippen LogP contribution in [0, 0.1) is 5.92 Å². The molecule has 0 unspecified atom stereocenters. The Balaban J connectivity index is 1.86. The average Bonchev–Trinajstić information content (AvgIpc) is 2.81. The van der Waals surface area contributed by atoms with Crippen molar-refractivity contribution in [3.63, 3.8) is 0 Å². The molecule has 2 rings (SSSR count). The summed E-state index contributed by atoms with van der Waals surface area (Å²) in [5, 5.41) is 6.64. The maximum Gasteiger partial charge on any atom is 0.229 e. The van der Waals surface area contributed by atoms with Gasteiger partial charge in [-0.2, -0.15) is 0 Å². The molecule has 1 saturated carbocycles. The van der Waals surface area contributed by atoms with E-state index in [0.29, 0.717) is 10.1 Å². The van der Waals surface area contributed by atoms with Crippen LogP contribution in [0.15, 0.2) is 24.3 Å². The van der Waals surface area contributed by atoms with E-state index in [1.54, 1.807) is 12.1 Å². The van der Waals surface area contributed by atoms with Gasteiger partial charge in [0.2, 0.25) is 5.91 Å². The van der Waals surface area contributed by atoms with E-state index in [2.05, 4.69) is 10.6 Å². The summed E-state index contributed by atoms with van der Waals surface area (Å²) in [6.07, 6.45) is 4.19. The van der Waals surface area contributed by atoms with Crippen LogP contribution < -0.4 is 10.6 Å². The Morgan fingerprint density at radius 1 is 1.33 bits per heavy atom. The van der Waals surface area contributed by atoms with Crippen molar-refractivity contribution in [2.75, 3.05) is 5.32 Å². The lowest BCUT2D eigenvalue weighted by molar-refractivity contribution is -0.123. The first-order chi connectivity index (χ1) is 8.65. The number of rotatable bonds is 2. The zero-order chi connectivity index (χ0) is 13.0. The van der Waals surface area contributed by atoms with Crippen molar-refractivity contribution in [3.8, 4) is 0 Å². The van der Waals surface area contributed by atoms with Crippen LogP contribution in [0.2, 0.25) is 5.02 Å². The van der Waals surface area contributed by atoms with Gasteiger partial charge in [0.1, 0.15) is 0 Å². The maximum absolute atomic E-state index is 11.8. The number of nitrogens with one attached hydrogen (secondary N) is 2. The minimum Gasteiger partial charge on any atom is -0.332 e. The number of halogens is 1. The summed E-state index contributed by atoms with van der Waals surface area (Å²) in [7, 11) is 0. The van der Waals surface area contributed by atoms with Gasteiger partial charge >= 0.3 is 0 Å². The quantitative estimate of drug-likeness (QED) is 0.818. The Kier molecular flexibility index (Phi) is 4.55. The Hall–Kier alpha value is -1.13. The van der Waals surface area contributed by atoms with E-state index < -0.39 is 0 Å². The summed E-state index contributed by atoms with van der Waals surface area (Å²) in [4.78, 5) is 11.8. The highest BCUT2D eigenvalue weighted by atomic mass is 35.5. The molecule has 5 heteroatoms. The highest BCUT2D eigenvalue weighted by Crippen LogP contribution is 2.24. The summed E-state index contributed by atoms with van der Waals surface area (Å²) < 4.78 is 0. The molecule has 0 saturated heterocycles. The lowest BCUT2D eigenvalue weighted by Crippen LogP contribution is -2.37. The molecule has 2 N–H and O–H groups in total. The zero-order valence-electron chi connectivity index (χ0n) is 9.91. The van der Waals surface area contributed by atoms with Crippen LogP contribution in [0.5, 0.6) is 0 Å². The van der Waals surface area contributed by atoms with Gasteiger partial charge in [-0.1, -0.05) is 30.5 Å². The third-order valence-electron chi connectivity index (χ3n) is 3.05. The lowest BCUT2D eigenvalue weighted by Gasteiger charge is -2.12. The molecule has 0 aliphatic heterocycles. The van der Waals surface area contributed by atoms with Gasteiger partial charge in [0.15, 0.2) is 5.11 Å². The second-order valence-corrected chi connectivity index (χ2v) is 5.28. The largest absolute Gasteiger partial charge is 0.332 e. The molecule has 96 valence electrons. The van der Waals surface area contributed by atoms with Crippen molar-refractivity contribution in [1.29, 1.82) is 0 Å². The van der Waals surface area contributed by atoms with Gasteiger partial charge in [0.25, 0.3) is 0 Å². The molecule has 1 amide bonds.